The minimum Gasteiger partial charge on any atom is -0.465 e. The van der Waals surface area contributed by atoms with Crippen LogP contribution in [0.2, 0.25) is 0 Å². The number of hydrogen-bond acceptors (Lipinski definition) is 6. The SMILES string of the molecule is COC(=O)c1ccc(N2CCC(C(N)=O)C2)c([N+](=O)[O-])c1. The highest BCUT2D eigenvalue weighted by Gasteiger charge is 2.31. The molecule has 1 amide bonds. The van der Waals surface area contributed by atoms with E-state index in [0.717, 1.165) is 0 Å². The van der Waals surface area contributed by atoms with Crippen molar-refractivity contribution in [1.82, 2.24) is 0 Å². The lowest BCUT2D eigenvalue weighted by atomic mass is 10.1. The number of rotatable bonds is 4. The molecule has 1 aromatic carbocycles. The zero-order valence-corrected chi connectivity index (χ0v) is 11.4. The standard InChI is InChI=1S/C13H15N3O5/c1-21-13(18)8-2-3-10(11(6-8)16(19)20)15-5-4-9(7-15)12(14)17/h2-3,6,9H,4-5,7H2,1H3,(H2,14,17). The topological polar surface area (TPSA) is 116 Å². The molecular formula is C13H15N3O5. The number of nitrogens with zero attached hydrogens (tertiary/aromatic N) is 2. The fourth-order valence-corrected chi connectivity index (χ4v) is 2.39. The number of amides is 1. The molecule has 1 aliphatic rings. The van der Waals surface area contributed by atoms with Crippen molar-refractivity contribution >= 4 is 23.3 Å². The normalized spacial score (nSPS) is 17.6. The van der Waals surface area contributed by atoms with Gasteiger partial charge in [0.05, 0.1) is 23.5 Å². The zero-order valence-electron chi connectivity index (χ0n) is 11.4. The smallest absolute Gasteiger partial charge is 0.338 e. The highest BCUT2D eigenvalue weighted by atomic mass is 16.6. The van der Waals surface area contributed by atoms with E-state index in [1.165, 1.54) is 25.3 Å². The van der Waals surface area contributed by atoms with Gasteiger partial charge < -0.3 is 15.4 Å². The number of benzene rings is 1. The van der Waals surface area contributed by atoms with Crippen LogP contribution in [0.15, 0.2) is 18.2 Å². The van der Waals surface area contributed by atoms with Crippen LogP contribution in [-0.2, 0) is 9.53 Å². The molecule has 1 heterocycles. The number of carbonyl (C=O) groups excluding carboxylic acids is 2. The Morgan fingerprint density at radius 3 is 2.71 bits per heavy atom. The van der Waals surface area contributed by atoms with Gasteiger partial charge >= 0.3 is 5.97 Å². The molecule has 1 fully saturated rings. The van der Waals surface area contributed by atoms with Crippen molar-refractivity contribution in [3.8, 4) is 0 Å². The summed E-state index contributed by atoms with van der Waals surface area (Å²) in [5.41, 5.74) is 5.55. The summed E-state index contributed by atoms with van der Waals surface area (Å²) in [5, 5.41) is 11.2. The second kappa shape index (κ2) is 5.78. The third-order valence-corrected chi connectivity index (χ3v) is 3.52. The molecule has 21 heavy (non-hydrogen) atoms. The van der Waals surface area contributed by atoms with Crippen LogP contribution < -0.4 is 10.6 Å². The Hall–Kier alpha value is -2.64. The monoisotopic (exact) mass is 293 g/mol. The summed E-state index contributed by atoms with van der Waals surface area (Å²) in [6, 6.07) is 4.14. The van der Waals surface area contributed by atoms with Gasteiger partial charge in [-0.1, -0.05) is 0 Å². The van der Waals surface area contributed by atoms with Gasteiger partial charge in [0.2, 0.25) is 5.91 Å². The predicted octanol–water partition coefficient (Wildman–Crippen LogP) is 0.693. The molecule has 0 bridgehead atoms. The molecule has 2 N–H and O–H groups in total. The molecule has 1 unspecified atom stereocenters. The minimum absolute atomic E-state index is 0.110. The third kappa shape index (κ3) is 2.93. The van der Waals surface area contributed by atoms with Crippen LogP contribution in [0, 0.1) is 16.0 Å². The van der Waals surface area contributed by atoms with Gasteiger partial charge in [-0.05, 0) is 18.6 Å². The van der Waals surface area contributed by atoms with Crippen molar-refractivity contribution in [2.75, 3.05) is 25.1 Å². The van der Waals surface area contributed by atoms with Crippen LogP contribution in [0.25, 0.3) is 0 Å². The largest absolute Gasteiger partial charge is 0.465 e. The Bertz CT molecular complexity index is 601. The molecule has 8 nitrogen and oxygen atoms in total. The summed E-state index contributed by atoms with van der Waals surface area (Å²) in [5.74, 6) is -1.36. The maximum absolute atomic E-state index is 11.4. The number of methoxy groups -OCH3 is 1. The van der Waals surface area contributed by atoms with E-state index >= 15 is 0 Å². The van der Waals surface area contributed by atoms with Crippen molar-refractivity contribution < 1.29 is 19.2 Å². The molecule has 0 aromatic heterocycles. The number of carbonyl (C=O) groups is 2. The lowest BCUT2D eigenvalue weighted by molar-refractivity contribution is -0.384. The molecule has 1 saturated heterocycles. The summed E-state index contributed by atoms with van der Waals surface area (Å²) in [4.78, 5) is 35.0. The second-order valence-corrected chi connectivity index (χ2v) is 4.79. The first-order valence-corrected chi connectivity index (χ1v) is 6.35. The summed E-state index contributed by atoms with van der Waals surface area (Å²) in [7, 11) is 1.21. The lowest BCUT2D eigenvalue weighted by Crippen LogP contribution is -2.27. The van der Waals surface area contributed by atoms with E-state index < -0.39 is 16.8 Å². The van der Waals surface area contributed by atoms with E-state index in [0.29, 0.717) is 25.2 Å². The van der Waals surface area contributed by atoms with Gasteiger partial charge in [0, 0.05) is 19.2 Å². The Balaban J connectivity index is 2.34. The summed E-state index contributed by atoms with van der Waals surface area (Å²) >= 11 is 0. The average molecular weight is 293 g/mol. The second-order valence-electron chi connectivity index (χ2n) is 4.79. The quantitative estimate of drug-likeness (QED) is 0.496. The Labute approximate surface area is 120 Å². The molecular weight excluding hydrogens is 278 g/mol. The predicted molar refractivity (Wildman–Crippen MR) is 74.0 cm³/mol. The van der Waals surface area contributed by atoms with E-state index in [-0.39, 0.29) is 17.2 Å². The van der Waals surface area contributed by atoms with E-state index in [9.17, 15) is 19.7 Å². The van der Waals surface area contributed by atoms with E-state index in [1.807, 2.05) is 0 Å². The van der Waals surface area contributed by atoms with Crippen molar-refractivity contribution in [2.45, 2.75) is 6.42 Å². The van der Waals surface area contributed by atoms with E-state index in [2.05, 4.69) is 4.74 Å². The van der Waals surface area contributed by atoms with Gasteiger partial charge in [-0.2, -0.15) is 0 Å². The summed E-state index contributed by atoms with van der Waals surface area (Å²) in [6.07, 6.45) is 0.561. The molecule has 1 atom stereocenters. The van der Waals surface area contributed by atoms with Gasteiger partial charge in [-0.25, -0.2) is 4.79 Å². The molecule has 112 valence electrons. The first-order chi connectivity index (χ1) is 9.93. The Kier molecular flexibility index (Phi) is 4.06. The molecule has 8 heteroatoms. The molecule has 0 radical (unpaired) electrons. The Morgan fingerprint density at radius 1 is 1.48 bits per heavy atom. The number of esters is 1. The van der Waals surface area contributed by atoms with E-state index in [1.54, 1.807) is 4.90 Å². The lowest BCUT2D eigenvalue weighted by Gasteiger charge is -2.18. The van der Waals surface area contributed by atoms with Crippen LogP contribution >= 0.6 is 0 Å². The van der Waals surface area contributed by atoms with Crippen molar-refractivity contribution in [1.29, 1.82) is 0 Å². The number of nitro benzene ring substituents is 1. The number of anilines is 1. The Morgan fingerprint density at radius 2 is 2.19 bits per heavy atom. The molecule has 1 aromatic rings. The van der Waals surface area contributed by atoms with E-state index in [4.69, 9.17) is 5.73 Å². The summed E-state index contributed by atoms with van der Waals surface area (Å²) in [6.45, 7) is 0.847. The number of nitrogens with two attached hydrogens (primary N) is 1. The number of hydrogen-bond donors (Lipinski definition) is 1. The number of primary amides is 1. The third-order valence-electron chi connectivity index (χ3n) is 3.52. The van der Waals surface area contributed by atoms with Crippen molar-refractivity contribution in [3.63, 3.8) is 0 Å². The van der Waals surface area contributed by atoms with Gasteiger partial charge in [-0.3, -0.25) is 14.9 Å². The molecule has 0 spiro atoms. The average Bonchev–Trinajstić information content (AvgIpc) is 2.95. The van der Waals surface area contributed by atoms with Crippen LogP contribution in [0.1, 0.15) is 16.8 Å². The minimum atomic E-state index is -0.638. The first-order valence-electron chi connectivity index (χ1n) is 6.35. The highest BCUT2D eigenvalue weighted by molar-refractivity contribution is 5.91. The molecule has 0 aliphatic carbocycles. The van der Waals surface area contributed by atoms with Crippen molar-refractivity contribution in [3.05, 3.63) is 33.9 Å². The van der Waals surface area contributed by atoms with Crippen LogP contribution in [0.3, 0.4) is 0 Å². The molecule has 1 aliphatic heterocycles. The molecule has 2 rings (SSSR count). The maximum atomic E-state index is 11.4. The fourth-order valence-electron chi connectivity index (χ4n) is 2.39. The number of ether oxygens (including phenoxy) is 1. The summed E-state index contributed by atoms with van der Waals surface area (Å²) < 4.78 is 4.55. The number of nitro groups is 1. The molecule has 0 saturated carbocycles. The van der Waals surface area contributed by atoms with Gasteiger partial charge in [0.15, 0.2) is 0 Å². The van der Waals surface area contributed by atoms with Crippen LogP contribution in [0.5, 0.6) is 0 Å². The van der Waals surface area contributed by atoms with Gasteiger partial charge in [0.1, 0.15) is 5.69 Å². The maximum Gasteiger partial charge on any atom is 0.338 e. The van der Waals surface area contributed by atoms with Crippen LogP contribution in [0.4, 0.5) is 11.4 Å². The zero-order chi connectivity index (χ0) is 15.6. The van der Waals surface area contributed by atoms with Crippen molar-refractivity contribution in [2.24, 2.45) is 11.7 Å². The fraction of sp³-hybridized carbons (Fsp3) is 0.385. The van der Waals surface area contributed by atoms with Gasteiger partial charge in [0.25, 0.3) is 5.69 Å². The van der Waals surface area contributed by atoms with Gasteiger partial charge in [-0.15, -0.1) is 0 Å². The highest BCUT2D eigenvalue weighted by Crippen LogP contribution is 2.33. The van der Waals surface area contributed by atoms with Crippen LogP contribution in [-0.4, -0.2) is 37.0 Å². The first kappa shape index (κ1) is 14.8.